The highest BCUT2D eigenvalue weighted by Gasteiger charge is 2.15. The van der Waals surface area contributed by atoms with Gasteiger partial charge in [-0.1, -0.05) is 0 Å². The van der Waals surface area contributed by atoms with Crippen molar-refractivity contribution in [3.63, 3.8) is 0 Å². The van der Waals surface area contributed by atoms with Crippen LogP contribution < -0.4 is 0 Å². The molecular formula is C11H11NO2S. The molecule has 4 heteroatoms. The molecule has 2 heterocycles. The maximum atomic E-state index is 11.6. The molecule has 0 amide bonds. The third kappa shape index (κ3) is 1.72. The summed E-state index contributed by atoms with van der Waals surface area (Å²) in [6.45, 7) is 4.14. The zero-order valence-corrected chi connectivity index (χ0v) is 9.43. The minimum Gasteiger partial charge on any atom is -0.462 e. The van der Waals surface area contributed by atoms with Crippen LogP contribution in [0, 0.1) is 6.92 Å². The predicted octanol–water partition coefficient (Wildman–Crippen LogP) is 2.78. The van der Waals surface area contributed by atoms with Crippen LogP contribution in [0.25, 0.3) is 10.1 Å². The average molecular weight is 221 g/mol. The summed E-state index contributed by atoms with van der Waals surface area (Å²) >= 11 is 1.46. The topological polar surface area (TPSA) is 39.2 Å². The van der Waals surface area contributed by atoms with Crippen LogP contribution in [0.1, 0.15) is 22.2 Å². The first-order valence-electron chi connectivity index (χ1n) is 4.74. The fraction of sp³-hybridized carbons (Fsp3) is 0.273. The van der Waals surface area contributed by atoms with E-state index in [-0.39, 0.29) is 5.97 Å². The van der Waals surface area contributed by atoms with Gasteiger partial charge in [0.25, 0.3) is 0 Å². The first kappa shape index (κ1) is 10.1. The van der Waals surface area contributed by atoms with Crippen LogP contribution >= 0.6 is 11.3 Å². The van der Waals surface area contributed by atoms with Crippen LogP contribution in [0.15, 0.2) is 18.5 Å². The quantitative estimate of drug-likeness (QED) is 0.732. The summed E-state index contributed by atoms with van der Waals surface area (Å²) < 4.78 is 6.06. The number of esters is 1. The van der Waals surface area contributed by atoms with E-state index < -0.39 is 0 Å². The number of ether oxygens (including phenoxy) is 1. The van der Waals surface area contributed by atoms with Crippen LogP contribution in [0.4, 0.5) is 0 Å². The van der Waals surface area contributed by atoms with Gasteiger partial charge in [-0.3, -0.25) is 4.98 Å². The number of pyridine rings is 1. The highest BCUT2D eigenvalue weighted by molar-refractivity contribution is 7.21. The van der Waals surface area contributed by atoms with Gasteiger partial charge in [0, 0.05) is 22.5 Å². The monoisotopic (exact) mass is 221 g/mol. The number of thiophene rings is 1. The van der Waals surface area contributed by atoms with E-state index >= 15 is 0 Å². The lowest BCUT2D eigenvalue weighted by molar-refractivity contribution is 0.0531. The number of carbonyl (C=O) groups is 1. The van der Waals surface area contributed by atoms with Crippen molar-refractivity contribution in [1.29, 1.82) is 0 Å². The highest BCUT2D eigenvalue weighted by atomic mass is 32.1. The number of aromatic nitrogens is 1. The number of hydrogen-bond donors (Lipinski definition) is 0. The molecule has 0 saturated heterocycles. The molecule has 0 aliphatic rings. The maximum absolute atomic E-state index is 11.6. The zero-order valence-electron chi connectivity index (χ0n) is 8.61. The minimum absolute atomic E-state index is 0.240. The summed E-state index contributed by atoms with van der Waals surface area (Å²) in [6.07, 6.45) is 3.51. The molecule has 0 N–H and O–H groups in total. The Kier molecular flexibility index (Phi) is 2.68. The van der Waals surface area contributed by atoms with Gasteiger partial charge < -0.3 is 4.74 Å². The highest BCUT2D eigenvalue weighted by Crippen LogP contribution is 2.30. The molecule has 0 bridgehead atoms. The van der Waals surface area contributed by atoms with Crippen molar-refractivity contribution in [3.05, 3.63) is 28.9 Å². The number of aryl methyl sites for hydroxylation is 1. The Labute approximate surface area is 91.7 Å². The van der Waals surface area contributed by atoms with E-state index in [1.165, 1.54) is 11.3 Å². The van der Waals surface area contributed by atoms with Crippen LogP contribution in [0.3, 0.4) is 0 Å². The van der Waals surface area contributed by atoms with E-state index in [0.717, 1.165) is 15.6 Å². The molecule has 0 spiro atoms. The van der Waals surface area contributed by atoms with Crippen molar-refractivity contribution >= 4 is 27.4 Å². The van der Waals surface area contributed by atoms with Crippen molar-refractivity contribution < 1.29 is 9.53 Å². The summed E-state index contributed by atoms with van der Waals surface area (Å²) in [5.74, 6) is -0.240. The molecule has 0 unspecified atom stereocenters. The summed E-state index contributed by atoms with van der Waals surface area (Å²) in [5, 5.41) is 1.03. The van der Waals surface area contributed by atoms with Gasteiger partial charge >= 0.3 is 5.97 Å². The lowest BCUT2D eigenvalue weighted by Gasteiger charge is -1.98. The van der Waals surface area contributed by atoms with E-state index in [1.54, 1.807) is 12.4 Å². The van der Waals surface area contributed by atoms with E-state index in [2.05, 4.69) is 4.98 Å². The van der Waals surface area contributed by atoms with Gasteiger partial charge in [-0.05, 0) is 25.5 Å². The molecule has 0 saturated carbocycles. The van der Waals surface area contributed by atoms with Crippen molar-refractivity contribution in [1.82, 2.24) is 4.98 Å². The second-order valence-corrected chi connectivity index (χ2v) is 4.20. The molecular weight excluding hydrogens is 210 g/mol. The van der Waals surface area contributed by atoms with Crippen molar-refractivity contribution in [2.24, 2.45) is 0 Å². The molecule has 15 heavy (non-hydrogen) atoms. The number of carbonyl (C=O) groups excluding carboxylic acids is 1. The molecule has 0 aliphatic heterocycles. The Morgan fingerprint density at radius 1 is 1.60 bits per heavy atom. The largest absolute Gasteiger partial charge is 0.462 e. The minimum atomic E-state index is -0.240. The fourth-order valence-electron chi connectivity index (χ4n) is 1.45. The Morgan fingerprint density at radius 3 is 3.07 bits per heavy atom. The molecule has 0 atom stereocenters. The van der Waals surface area contributed by atoms with E-state index in [0.29, 0.717) is 11.5 Å². The van der Waals surface area contributed by atoms with Crippen molar-refractivity contribution in [2.75, 3.05) is 6.61 Å². The van der Waals surface area contributed by atoms with Gasteiger partial charge in [-0.2, -0.15) is 0 Å². The average Bonchev–Trinajstić information content (AvgIpc) is 2.57. The Morgan fingerprint density at radius 2 is 2.40 bits per heavy atom. The van der Waals surface area contributed by atoms with Gasteiger partial charge in [0.2, 0.25) is 0 Å². The summed E-state index contributed by atoms with van der Waals surface area (Å²) in [5.41, 5.74) is 0.960. The maximum Gasteiger partial charge on any atom is 0.348 e. The van der Waals surface area contributed by atoms with Crippen LogP contribution in [0.2, 0.25) is 0 Å². The zero-order chi connectivity index (χ0) is 10.8. The molecule has 0 aliphatic carbocycles. The first-order valence-corrected chi connectivity index (χ1v) is 5.56. The van der Waals surface area contributed by atoms with Crippen molar-refractivity contribution in [3.8, 4) is 0 Å². The molecule has 3 nitrogen and oxygen atoms in total. The van der Waals surface area contributed by atoms with Crippen LogP contribution in [-0.4, -0.2) is 17.6 Å². The molecule has 2 aromatic heterocycles. The number of fused-ring (bicyclic) bond motifs is 1. The van der Waals surface area contributed by atoms with E-state index in [9.17, 15) is 4.79 Å². The molecule has 2 aromatic rings. The second-order valence-electron chi connectivity index (χ2n) is 3.15. The summed E-state index contributed by atoms with van der Waals surface area (Å²) in [7, 11) is 0. The Bertz CT molecular complexity index is 504. The van der Waals surface area contributed by atoms with Crippen LogP contribution in [0.5, 0.6) is 0 Å². The first-order chi connectivity index (χ1) is 7.24. The predicted molar refractivity (Wildman–Crippen MR) is 60.3 cm³/mol. The lowest BCUT2D eigenvalue weighted by Crippen LogP contribution is -2.03. The fourth-order valence-corrected chi connectivity index (χ4v) is 2.52. The van der Waals surface area contributed by atoms with Gasteiger partial charge in [0.1, 0.15) is 4.88 Å². The smallest absolute Gasteiger partial charge is 0.348 e. The third-order valence-corrected chi connectivity index (χ3v) is 3.45. The molecule has 0 radical (unpaired) electrons. The number of hydrogen-bond acceptors (Lipinski definition) is 4. The Balaban J connectivity index is 2.53. The SMILES string of the molecule is CCOC(=O)c1sc2ccncc2c1C. The van der Waals surface area contributed by atoms with Crippen LogP contribution in [-0.2, 0) is 4.74 Å². The Hall–Kier alpha value is -1.42. The molecule has 78 valence electrons. The summed E-state index contributed by atoms with van der Waals surface area (Å²) in [4.78, 5) is 16.3. The van der Waals surface area contributed by atoms with E-state index in [1.807, 2.05) is 19.9 Å². The molecule has 0 fully saturated rings. The van der Waals surface area contributed by atoms with Gasteiger partial charge in [-0.15, -0.1) is 11.3 Å². The van der Waals surface area contributed by atoms with Gasteiger partial charge in [0.15, 0.2) is 0 Å². The molecule has 0 aromatic carbocycles. The van der Waals surface area contributed by atoms with Gasteiger partial charge in [0.05, 0.1) is 6.61 Å². The number of nitrogens with zero attached hydrogens (tertiary/aromatic N) is 1. The lowest BCUT2D eigenvalue weighted by atomic mass is 10.2. The summed E-state index contributed by atoms with van der Waals surface area (Å²) in [6, 6.07) is 1.91. The number of rotatable bonds is 2. The normalized spacial score (nSPS) is 10.5. The second kappa shape index (κ2) is 3.98. The van der Waals surface area contributed by atoms with Crippen molar-refractivity contribution in [2.45, 2.75) is 13.8 Å². The van der Waals surface area contributed by atoms with E-state index in [4.69, 9.17) is 4.74 Å². The standard InChI is InChI=1S/C11H11NO2S/c1-3-14-11(13)10-7(2)8-6-12-5-4-9(8)15-10/h4-6H,3H2,1-2H3. The van der Waals surface area contributed by atoms with Gasteiger partial charge in [-0.25, -0.2) is 4.79 Å². The third-order valence-electron chi connectivity index (χ3n) is 2.20. The molecule has 2 rings (SSSR count).